The van der Waals surface area contributed by atoms with E-state index in [0.717, 1.165) is 4.90 Å². The normalized spacial score (nSPS) is 12.7. The average Bonchev–Trinajstić information content (AvgIpc) is 2.73. The molecular weight excluding hydrogens is 438 g/mol. The second kappa shape index (κ2) is 12.6. The van der Waals surface area contributed by atoms with Gasteiger partial charge in [-0.3, -0.25) is 19.3 Å². The van der Waals surface area contributed by atoms with Crippen LogP contribution < -0.4 is 10.6 Å². The molecule has 9 nitrogen and oxygen atoms in total. The number of aryl methyl sites for hydroxylation is 1. The van der Waals surface area contributed by atoms with Crippen molar-refractivity contribution in [2.24, 2.45) is 5.92 Å². The Morgan fingerprint density at radius 3 is 2.26 bits per heavy atom. The van der Waals surface area contributed by atoms with E-state index in [1.54, 1.807) is 52.0 Å². The standard InChI is InChI=1S/C25H35N3O6/c1-9-28(23(31)19(14-16(2)3)27-24(32)34-25(5,6)7)21(18-13-11-10-12-17(18)4)22(30)26-15-20(29)33-8/h1,10-13,16,19,21H,14-15H2,2-8H3,(H,26,30)(H,27,32). The van der Waals surface area contributed by atoms with Gasteiger partial charge in [0.05, 0.1) is 7.11 Å². The lowest BCUT2D eigenvalue weighted by Gasteiger charge is -2.31. The third kappa shape index (κ3) is 8.77. The molecule has 3 amide bonds. The Balaban J connectivity index is 3.37. The number of carbonyl (C=O) groups is 4. The van der Waals surface area contributed by atoms with Gasteiger partial charge in [0.2, 0.25) is 5.91 Å². The minimum Gasteiger partial charge on any atom is -0.468 e. The van der Waals surface area contributed by atoms with E-state index < -0.39 is 48.1 Å². The van der Waals surface area contributed by atoms with Crippen molar-refractivity contribution in [1.82, 2.24) is 15.5 Å². The molecule has 0 fully saturated rings. The van der Waals surface area contributed by atoms with Crippen LogP contribution in [-0.4, -0.2) is 54.1 Å². The smallest absolute Gasteiger partial charge is 0.408 e. The highest BCUT2D eigenvalue weighted by Crippen LogP contribution is 2.25. The van der Waals surface area contributed by atoms with Gasteiger partial charge in [-0.25, -0.2) is 4.79 Å². The van der Waals surface area contributed by atoms with Crippen molar-refractivity contribution in [2.45, 2.75) is 65.6 Å². The van der Waals surface area contributed by atoms with Crippen LogP contribution in [0.1, 0.15) is 58.2 Å². The van der Waals surface area contributed by atoms with Gasteiger partial charge < -0.3 is 20.1 Å². The highest BCUT2D eigenvalue weighted by atomic mass is 16.6. The summed E-state index contributed by atoms with van der Waals surface area (Å²) in [5.74, 6) is -1.94. The van der Waals surface area contributed by atoms with Crippen LogP contribution in [0.15, 0.2) is 24.3 Å². The summed E-state index contributed by atoms with van der Waals surface area (Å²) in [6, 6.07) is 6.98. The Labute approximate surface area is 201 Å². The summed E-state index contributed by atoms with van der Waals surface area (Å²) >= 11 is 0. The number of amides is 3. The molecule has 0 aliphatic carbocycles. The number of benzene rings is 1. The first-order valence-corrected chi connectivity index (χ1v) is 11.0. The molecule has 2 unspecified atom stereocenters. The van der Waals surface area contributed by atoms with Crippen LogP contribution in [0.5, 0.6) is 0 Å². The zero-order valence-corrected chi connectivity index (χ0v) is 20.9. The lowest BCUT2D eigenvalue weighted by atomic mass is 9.97. The fraction of sp³-hybridized carbons (Fsp3) is 0.520. The van der Waals surface area contributed by atoms with Crippen molar-refractivity contribution < 1.29 is 28.7 Å². The number of alkyl carbamates (subject to hydrolysis) is 1. The summed E-state index contributed by atoms with van der Waals surface area (Å²) < 4.78 is 9.87. The van der Waals surface area contributed by atoms with E-state index in [0.29, 0.717) is 11.1 Å². The molecule has 1 rings (SSSR count). The lowest BCUT2D eigenvalue weighted by Crippen LogP contribution is -2.52. The molecule has 0 bridgehead atoms. The Morgan fingerprint density at radius 1 is 1.15 bits per heavy atom. The molecule has 34 heavy (non-hydrogen) atoms. The van der Waals surface area contributed by atoms with Gasteiger partial charge in [0, 0.05) is 6.04 Å². The van der Waals surface area contributed by atoms with Crippen molar-refractivity contribution in [3.8, 4) is 12.5 Å². The number of rotatable bonds is 9. The monoisotopic (exact) mass is 473 g/mol. The number of nitrogens with one attached hydrogen (secondary N) is 2. The van der Waals surface area contributed by atoms with Crippen LogP contribution in [0, 0.1) is 25.3 Å². The molecule has 2 N–H and O–H groups in total. The van der Waals surface area contributed by atoms with Gasteiger partial charge in [-0.05, 0) is 51.2 Å². The van der Waals surface area contributed by atoms with E-state index in [1.807, 2.05) is 13.8 Å². The number of hydrogen-bond acceptors (Lipinski definition) is 6. The summed E-state index contributed by atoms with van der Waals surface area (Å²) in [5, 5.41) is 5.05. The number of nitrogens with zero attached hydrogens (tertiary/aromatic N) is 1. The maximum absolute atomic E-state index is 13.6. The molecule has 2 atom stereocenters. The Morgan fingerprint density at radius 2 is 1.76 bits per heavy atom. The van der Waals surface area contributed by atoms with Gasteiger partial charge >= 0.3 is 12.1 Å². The van der Waals surface area contributed by atoms with Crippen molar-refractivity contribution in [3.05, 3.63) is 35.4 Å². The molecule has 186 valence electrons. The fourth-order valence-corrected chi connectivity index (χ4v) is 3.20. The van der Waals surface area contributed by atoms with Gasteiger partial charge in [0.1, 0.15) is 24.2 Å². The molecule has 9 heteroatoms. The summed E-state index contributed by atoms with van der Waals surface area (Å²) in [5.41, 5.74) is 0.435. The van der Waals surface area contributed by atoms with E-state index in [9.17, 15) is 19.2 Å². The lowest BCUT2D eigenvalue weighted by molar-refractivity contribution is -0.143. The van der Waals surface area contributed by atoms with Crippen LogP contribution in [0.3, 0.4) is 0 Å². The fourth-order valence-electron chi connectivity index (χ4n) is 3.20. The van der Waals surface area contributed by atoms with Crippen molar-refractivity contribution in [1.29, 1.82) is 0 Å². The quantitative estimate of drug-likeness (QED) is 0.324. The largest absolute Gasteiger partial charge is 0.468 e. The Hall–Kier alpha value is -3.54. The molecule has 0 saturated carbocycles. The van der Waals surface area contributed by atoms with Crippen LogP contribution in [0.25, 0.3) is 0 Å². The van der Waals surface area contributed by atoms with E-state index in [4.69, 9.17) is 11.2 Å². The van der Waals surface area contributed by atoms with Crippen LogP contribution in [0.2, 0.25) is 0 Å². The number of terminal acetylenes is 1. The number of hydrogen-bond donors (Lipinski definition) is 2. The molecule has 0 aromatic heterocycles. The maximum Gasteiger partial charge on any atom is 0.408 e. The summed E-state index contributed by atoms with van der Waals surface area (Å²) in [6.07, 6.45) is 5.21. The summed E-state index contributed by atoms with van der Waals surface area (Å²) in [6.45, 7) is 10.3. The third-order valence-electron chi connectivity index (χ3n) is 4.70. The molecule has 0 radical (unpaired) electrons. The minimum atomic E-state index is -1.24. The van der Waals surface area contributed by atoms with Crippen LogP contribution in [-0.2, 0) is 23.9 Å². The van der Waals surface area contributed by atoms with E-state index in [2.05, 4.69) is 21.4 Å². The average molecular weight is 474 g/mol. The maximum atomic E-state index is 13.6. The van der Waals surface area contributed by atoms with E-state index >= 15 is 0 Å². The summed E-state index contributed by atoms with van der Waals surface area (Å²) in [4.78, 5) is 51.7. The van der Waals surface area contributed by atoms with Gasteiger partial charge in [-0.1, -0.05) is 44.5 Å². The molecule has 0 aliphatic heterocycles. The topological polar surface area (TPSA) is 114 Å². The van der Waals surface area contributed by atoms with Crippen molar-refractivity contribution in [3.63, 3.8) is 0 Å². The predicted molar refractivity (Wildman–Crippen MR) is 127 cm³/mol. The van der Waals surface area contributed by atoms with Gasteiger partial charge in [0.15, 0.2) is 0 Å². The highest BCUT2D eigenvalue weighted by molar-refractivity contribution is 5.94. The van der Waals surface area contributed by atoms with E-state index in [1.165, 1.54) is 7.11 Å². The summed E-state index contributed by atoms with van der Waals surface area (Å²) in [7, 11) is 1.20. The molecular formula is C25H35N3O6. The zero-order chi connectivity index (χ0) is 26.1. The second-order valence-electron chi connectivity index (χ2n) is 9.22. The Bertz CT molecular complexity index is 929. The predicted octanol–water partition coefficient (Wildman–Crippen LogP) is 2.68. The minimum absolute atomic E-state index is 0.0218. The molecule has 0 spiro atoms. The Kier molecular flexibility index (Phi) is 10.6. The molecule has 0 saturated heterocycles. The third-order valence-corrected chi connectivity index (χ3v) is 4.70. The van der Waals surface area contributed by atoms with E-state index in [-0.39, 0.29) is 12.3 Å². The highest BCUT2D eigenvalue weighted by Gasteiger charge is 2.36. The van der Waals surface area contributed by atoms with Crippen molar-refractivity contribution in [2.75, 3.05) is 13.7 Å². The van der Waals surface area contributed by atoms with Gasteiger partial charge in [0.25, 0.3) is 5.91 Å². The van der Waals surface area contributed by atoms with Gasteiger partial charge in [-0.15, -0.1) is 0 Å². The zero-order valence-electron chi connectivity index (χ0n) is 20.9. The first-order valence-electron chi connectivity index (χ1n) is 11.0. The molecule has 0 heterocycles. The molecule has 1 aromatic rings. The second-order valence-corrected chi connectivity index (χ2v) is 9.22. The van der Waals surface area contributed by atoms with Gasteiger partial charge in [-0.2, -0.15) is 0 Å². The number of esters is 1. The number of methoxy groups -OCH3 is 1. The van der Waals surface area contributed by atoms with Crippen LogP contribution in [0.4, 0.5) is 4.79 Å². The van der Waals surface area contributed by atoms with Crippen LogP contribution >= 0.6 is 0 Å². The first kappa shape index (κ1) is 28.5. The molecule has 0 aliphatic rings. The number of carbonyl (C=O) groups excluding carboxylic acids is 4. The SMILES string of the molecule is C#CN(C(=O)C(CC(C)C)NC(=O)OC(C)(C)C)C(C(=O)NCC(=O)OC)c1ccccc1C. The number of ether oxygens (including phenoxy) is 2. The molecule has 1 aromatic carbocycles. The first-order chi connectivity index (χ1) is 15.8. The van der Waals surface area contributed by atoms with Crippen molar-refractivity contribution >= 4 is 23.9 Å².